The molecule has 0 spiro atoms. The fourth-order valence-corrected chi connectivity index (χ4v) is 4.73. The molecule has 0 aromatic heterocycles. The first-order chi connectivity index (χ1) is 10.0. The van der Waals surface area contributed by atoms with Gasteiger partial charge in [0.2, 0.25) is 15.9 Å². The lowest BCUT2D eigenvalue weighted by molar-refractivity contribution is -0.136. The van der Waals surface area contributed by atoms with E-state index in [1.54, 1.807) is 11.9 Å². The fraction of sp³-hybridized carbons (Fsp3) is 0.929. The van der Waals surface area contributed by atoms with E-state index in [4.69, 9.17) is 0 Å². The van der Waals surface area contributed by atoms with Gasteiger partial charge in [-0.1, -0.05) is 12.8 Å². The number of nitrogens with zero attached hydrogens (tertiary/aromatic N) is 1. The molecular weight excluding hydrogens is 326 g/mol. The van der Waals surface area contributed by atoms with Gasteiger partial charge < -0.3 is 10.2 Å². The van der Waals surface area contributed by atoms with Crippen molar-refractivity contribution >= 4 is 28.3 Å². The number of sulfonamides is 1. The molecule has 8 heteroatoms. The zero-order valence-electron chi connectivity index (χ0n) is 13.2. The monoisotopic (exact) mass is 353 g/mol. The maximum absolute atomic E-state index is 12.4. The molecule has 0 aromatic rings. The summed E-state index contributed by atoms with van der Waals surface area (Å²) in [4.78, 5) is 14.2. The summed E-state index contributed by atoms with van der Waals surface area (Å²) in [5.74, 6) is 0.298. The number of likely N-dealkylation sites (tertiary alicyclic amines) is 1. The third-order valence-corrected chi connectivity index (χ3v) is 6.38. The van der Waals surface area contributed by atoms with Crippen LogP contribution in [-0.4, -0.2) is 57.7 Å². The maximum atomic E-state index is 12.4. The summed E-state index contributed by atoms with van der Waals surface area (Å²) in [6.45, 7) is 2.06. The third kappa shape index (κ3) is 5.08. The van der Waals surface area contributed by atoms with Crippen LogP contribution < -0.4 is 10.0 Å². The average molecular weight is 354 g/mol. The molecule has 1 heterocycles. The number of nitrogens with one attached hydrogen (secondary N) is 2. The summed E-state index contributed by atoms with van der Waals surface area (Å²) in [6.07, 6.45) is 5.59. The van der Waals surface area contributed by atoms with Crippen molar-refractivity contribution in [3.8, 4) is 0 Å². The van der Waals surface area contributed by atoms with Gasteiger partial charge >= 0.3 is 0 Å². The smallest absolute Gasteiger partial charge is 0.225 e. The number of hydrogen-bond acceptors (Lipinski definition) is 4. The minimum Gasteiger partial charge on any atom is -0.341 e. The van der Waals surface area contributed by atoms with Gasteiger partial charge in [-0.25, -0.2) is 13.1 Å². The number of halogens is 1. The van der Waals surface area contributed by atoms with Gasteiger partial charge in [-0.05, 0) is 32.7 Å². The van der Waals surface area contributed by atoms with Crippen LogP contribution in [0.1, 0.15) is 38.5 Å². The lowest BCUT2D eigenvalue weighted by atomic mass is 10.0. The summed E-state index contributed by atoms with van der Waals surface area (Å²) in [5, 5.41) is 2.45. The van der Waals surface area contributed by atoms with Crippen LogP contribution in [0.4, 0.5) is 0 Å². The Morgan fingerprint density at radius 3 is 2.45 bits per heavy atom. The van der Waals surface area contributed by atoms with Crippen LogP contribution in [0.25, 0.3) is 0 Å². The SMILES string of the molecule is CNCCNS(=O)(=O)C1CCCN(C(=O)C2CCCC2)C1.Cl. The quantitative estimate of drug-likeness (QED) is 0.690. The molecule has 22 heavy (non-hydrogen) atoms. The van der Waals surface area contributed by atoms with Crippen LogP contribution >= 0.6 is 12.4 Å². The second kappa shape index (κ2) is 9.05. The van der Waals surface area contributed by atoms with Crippen molar-refractivity contribution in [3.05, 3.63) is 0 Å². The molecule has 2 rings (SSSR count). The van der Waals surface area contributed by atoms with Crippen LogP contribution in [0.5, 0.6) is 0 Å². The predicted octanol–water partition coefficient (Wildman–Crippen LogP) is 0.728. The Hall–Kier alpha value is -0.370. The second-order valence-electron chi connectivity index (χ2n) is 6.07. The van der Waals surface area contributed by atoms with Crippen molar-refractivity contribution in [2.75, 3.05) is 33.2 Å². The molecule has 1 saturated heterocycles. The van der Waals surface area contributed by atoms with Gasteiger partial charge in [-0.3, -0.25) is 4.79 Å². The van der Waals surface area contributed by atoms with Gasteiger partial charge in [0.1, 0.15) is 0 Å². The standard InChI is InChI=1S/C14H27N3O3S.ClH/c1-15-8-9-16-21(19,20)13-7-4-10-17(11-13)14(18)12-5-2-3-6-12;/h12-13,15-16H,2-11H2,1H3;1H. The fourth-order valence-electron chi connectivity index (χ4n) is 3.26. The summed E-state index contributed by atoms with van der Waals surface area (Å²) < 4.78 is 27.2. The number of rotatable bonds is 6. The summed E-state index contributed by atoms with van der Waals surface area (Å²) >= 11 is 0. The largest absolute Gasteiger partial charge is 0.341 e. The normalized spacial score (nSPS) is 23.3. The molecule has 1 unspecified atom stereocenters. The molecule has 1 aliphatic heterocycles. The third-order valence-electron chi connectivity index (χ3n) is 4.51. The van der Waals surface area contributed by atoms with Crippen molar-refractivity contribution in [2.45, 2.75) is 43.8 Å². The molecule has 1 atom stereocenters. The van der Waals surface area contributed by atoms with Gasteiger partial charge in [0.05, 0.1) is 5.25 Å². The van der Waals surface area contributed by atoms with Crippen molar-refractivity contribution in [3.63, 3.8) is 0 Å². The molecule has 1 saturated carbocycles. The van der Waals surface area contributed by atoms with Crippen molar-refractivity contribution in [1.29, 1.82) is 0 Å². The lowest BCUT2D eigenvalue weighted by Crippen LogP contribution is -2.50. The number of likely N-dealkylation sites (N-methyl/N-ethyl adjacent to an activating group) is 1. The minimum atomic E-state index is -3.33. The Morgan fingerprint density at radius 2 is 1.82 bits per heavy atom. The molecule has 0 bridgehead atoms. The predicted molar refractivity (Wildman–Crippen MR) is 89.7 cm³/mol. The van der Waals surface area contributed by atoms with Gasteiger partial charge in [0.15, 0.2) is 0 Å². The van der Waals surface area contributed by atoms with Crippen LogP contribution in [0, 0.1) is 5.92 Å². The number of carbonyl (C=O) groups excluding carboxylic acids is 1. The zero-order valence-corrected chi connectivity index (χ0v) is 14.8. The molecular formula is C14H28ClN3O3S. The molecule has 2 N–H and O–H groups in total. The highest BCUT2D eigenvalue weighted by Crippen LogP contribution is 2.28. The van der Waals surface area contributed by atoms with E-state index in [-0.39, 0.29) is 24.2 Å². The van der Waals surface area contributed by atoms with Crippen molar-refractivity contribution in [1.82, 2.24) is 14.9 Å². The Balaban J connectivity index is 0.00000242. The lowest BCUT2D eigenvalue weighted by Gasteiger charge is -2.34. The highest BCUT2D eigenvalue weighted by atomic mass is 35.5. The van der Waals surface area contributed by atoms with E-state index in [2.05, 4.69) is 10.0 Å². The van der Waals surface area contributed by atoms with Crippen LogP contribution in [0.15, 0.2) is 0 Å². The molecule has 6 nitrogen and oxygen atoms in total. The number of piperidine rings is 1. The zero-order chi connectivity index (χ0) is 15.3. The molecule has 130 valence electrons. The first-order valence-electron chi connectivity index (χ1n) is 7.96. The molecule has 1 amide bonds. The van der Waals surface area contributed by atoms with Gasteiger partial charge in [0, 0.05) is 32.1 Å². The van der Waals surface area contributed by atoms with Crippen molar-refractivity contribution < 1.29 is 13.2 Å². The van der Waals surface area contributed by atoms with E-state index in [1.165, 1.54) is 0 Å². The summed E-state index contributed by atoms with van der Waals surface area (Å²) in [5.41, 5.74) is 0. The summed E-state index contributed by atoms with van der Waals surface area (Å²) in [6, 6.07) is 0. The van der Waals surface area contributed by atoms with E-state index < -0.39 is 15.3 Å². The van der Waals surface area contributed by atoms with E-state index >= 15 is 0 Å². The van der Waals surface area contributed by atoms with E-state index in [0.717, 1.165) is 32.1 Å². The van der Waals surface area contributed by atoms with Crippen molar-refractivity contribution in [2.24, 2.45) is 5.92 Å². The van der Waals surface area contributed by atoms with Gasteiger partial charge in [-0.2, -0.15) is 0 Å². The Kier molecular flexibility index (Phi) is 8.10. The highest BCUT2D eigenvalue weighted by Gasteiger charge is 2.35. The maximum Gasteiger partial charge on any atom is 0.225 e. The van der Waals surface area contributed by atoms with E-state index in [9.17, 15) is 13.2 Å². The number of amides is 1. The molecule has 2 fully saturated rings. The Bertz CT molecular complexity index is 452. The van der Waals surface area contributed by atoms with E-state index in [0.29, 0.717) is 32.6 Å². The van der Waals surface area contributed by atoms with Gasteiger partial charge in [0.25, 0.3) is 0 Å². The first kappa shape index (κ1) is 19.7. The topological polar surface area (TPSA) is 78.5 Å². The molecule has 1 aliphatic carbocycles. The first-order valence-corrected chi connectivity index (χ1v) is 9.51. The Labute approximate surface area is 139 Å². The minimum absolute atomic E-state index is 0. The molecule has 0 radical (unpaired) electrons. The highest BCUT2D eigenvalue weighted by molar-refractivity contribution is 7.90. The molecule has 2 aliphatic rings. The van der Waals surface area contributed by atoms with Gasteiger partial charge in [-0.15, -0.1) is 12.4 Å². The molecule has 0 aromatic carbocycles. The van der Waals surface area contributed by atoms with E-state index in [1.807, 2.05) is 0 Å². The van der Waals surface area contributed by atoms with Crippen LogP contribution in [0.2, 0.25) is 0 Å². The Morgan fingerprint density at radius 1 is 1.14 bits per heavy atom. The van der Waals surface area contributed by atoms with Crippen LogP contribution in [0.3, 0.4) is 0 Å². The second-order valence-corrected chi connectivity index (χ2v) is 8.12. The number of hydrogen-bond donors (Lipinski definition) is 2. The summed E-state index contributed by atoms with van der Waals surface area (Å²) in [7, 11) is -1.54. The average Bonchev–Trinajstić information content (AvgIpc) is 3.01. The van der Waals surface area contributed by atoms with Crippen LogP contribution in [-0.2, 0) is 14.8 Å². The number of carbonyl (C=O) groups is 1.